The van der Waals surface area contributed by atoms with Crippen LogP contribution < -0.4 is 0 Å². The van der Waals surface area contributed by atoms with Gasteiger partial charge in [0.15, 0.2) is 0 Å². The highest BCUT2D eigenvalue weighted by Crippen LogP contribution is 2.61. The van der Waals surface area contributed by atoms with E-state index in [0.29, 0.717) is 5.92 Å². The summed E-state index contributed by atoms with van der Waals surface area (Å²) < 4.78 is 0. The average molecular weight is 344 g/mol. The number of rotatable bonds is 1. The van der Waals surface area contributed by atoms with Crippen LogP contribution in [0.5, 0.6) is 0 Å². The molecule has 0 saturated carbocycles. The van der Waals surface area contributed by atoms with E-state index in [0.717, 1.165) is 0 Å². The molecule has 0 heteroatoms. The van der Waals surface area contributed by atoms with Crippen LogP contribution in [0.4, 0.5) is 0 Å². The van der Waals surface area contributed by atoms with E-state index in [1.165, 1.54) is 44.5 Å². The first-order chi connectivity index (χ1) is 13.3. The van der Waals surface area contributed by atoms with Gasteiger partial charge in [-0.15, -0.1) is 0 Å². The zero-order valence-corrected chi connectivity index (χ0v) is 15.3. The lowest BCUT2D eigenvalue weighted by atomic mass is 9.60. The van der Waals surface area contributed by atoms with Crippen LogP contribution in [-0.4, -0.2) is 0 Å². The topological polar surface area (TPSA) is 0 Å². The summed E-state index contributed by atoms with van der Waals surface area (Å²) in [5.74, 6) is 0.405. The SMILES string of the molecule is CC1c2ccccc2C2(c3ccccc3)c3ccccc3-c3cccc1c32. The Morgan fingerprint density at radius 1 is 0.556 bits per heavy atom. The van der Waals surface area contributed by atoms with Crippen molar-refractivity contribution in [3.63, 3.8) is 0 Å². The van der Waals surface area contributed by atoms with E-state index in [1.54, 1.807) is 0 Å². The third kappa shape index (κ3) is 1.69. The molecule has 0 radical (unpaired) electrons. The van der Waals surface area contributed by atoms with Crippen molar-refractivity contribution in [3.05, 3.63) is 130 Å². The van der Waals surface area contributed by atoms with Crippen molar-refractivity contribution in [2.24, 2.45) is 0 Å². The first kappa shape index (κ1) is 15.0. The van der Waals surface area contributed by atoms with Gasteiger partial charge in [-0.1, -0.05) is 104 Å². The fraction of sp³-hybridized carbons (Fsp3) is 0.111. The third-order valence-corrected chi connectivity index (χ3v) is 6.60. The van der Waals surface area contributed by atoms with Crippen LogP contribution in [0.1, 0.15) is 46.2 Å². The smallest absolute Gasteiger partial charge is 0.0622 e. The fourth-order valence-electron chi connectivity index (χ4n) is 5.56. The molecule has 0 amide bonds. The molecule has 0 nitrogen and oxygen atoms in total. The van der Waals surface area contributed by atoms with Gasteiger partial charge in [0.2, 0.25) is 0 Å². The monoisotopic (exact) mass is 344 g/mol. The Morgan fingerprint density at radius 2 is 1.19 bits per heavy atom. The van der Waals surface area contributed by atoms with Gasteiger partial charge in [-0.2, -0.15) is 0 Å². The van der Waals surface area contributed by atoms with Crippen molar-refractivity contribution in [1.29, 1.82) is 0 Å². The maximum absolute atomic E-state index is 2.35. The van der Waals surface area contributed by atoms with Gasteiger partial charge in [-0.05, 0) is 44.5 Å². The lowest BCUT2D eigenvalue weighted by molar-refractivity contribution is 0.688. The standard InChI is InChI=1S/C27H20/c1-18-20-12-5-7-16-24(20)27(19-10-3-2-4-11-19)25-17-8-6-13-22(25)23-15-9-14-21(18)26(23)27/h2-18H,1H3. The molecule has 0 spiro atoms. The molecule has 6 rings (SSSR count). The van der Waals surface area contributed by atoms with Crippen LogP contribution in [0.3, 0.4) is 0 Å². The van der Waals surface area contributed by atoms with Gasteiger partial charge in [-0.3, -0.25) is 0 Å². The molecular formula is C27H20. The van der Waals surface area contributed by atoms with Gasteiger partial charge >= 0.3 is 0 Å². The largest absolute Gasteiger partial charge is 0.0719 e. The molecule has 128 valence electrons. The Labute approximate surface area is 160 Å². The Kier molecular flexibility index (Phi) is 2.89. The molecule has 2 atom stereocenters. The van der Waals surface area contributed by atoms with Crippen LogP contribution in [0.2, 0.25) is 0 Å². The van der Waals surface area contributed by atoms with Crippen molar-refractivity contribution in [2.45, 2.75) is 18.3 Å². The van der Waals surface area contributed by atoms with Crippen LogP contribution in [0, 0.1) is 0 Å². The van der Waals surface area contributed by atoms with E-state index in [4.69, 9.17) is 0 Å². The minimum Gasteiger partial charge on any atom is -0.0622 e. The van der Waals surface area contributed by atoms with Gasteiger partial charge in [0.05, 0.1) is 5.41 Å². The van der Waals surface area contributed by atoms with E-state index in [2.05, 4.69) is 104 Å². The quantitative estimate of drug-likeness (QED) is 0.325. The summed E-state index contributed by atoms with van der Waals surface area (Å²) in [6.45, 7) is 2.35. The van der Waals surface area contributed by atoms with Crippen molar-refractivity contribution >= 4 is 0 Å². The van der Waals surface area contributed by atoms with Gasteiger partial charge in [0, 0.05) is 5.92 Å². The molecule has 0 bridgehead atoms. The predicted octanol–water partition coefficient (Wildman–Crippen LogP) is 6.51. The first-order valence-corrected chi connectivity index (χ1v) is 9.71. The van der Waals surface area contributed by atoms with Crippen LogP contribution >= 0.6 is 0 Å². The Morgan fingerprint density at radius 3 is 2.04 bits per heavy atom. The summed E-state index contributed by atoms with van der Waals surface area (Å²) in [6.07, 6.45) is 0. The summed E-state index contributed by atoms with van der Waals surface area (Å²) in [5.41, 5.74) is 11.2. The molecule has 27 heavy (non-hydrogen) atoms. The second kappa shape index (κ2) is 5.20. The zero-order valence-electron chi connectivity index (χ0n) is 15.3. The molecule has 0 aromatic heterocycles. The summed E-state index contributed by atoms with van der Waals surface area (Å²) in [7, 11) is 0. The molecule has 0 fully saturated rings. The molecule has 2 aliphatic rings. The van der Waals surface area contributed by atoms with Gasteiger partial charge in [0.1, 0.15) is 0 Å². The van der Waals surface area contributed by atoms with Crippen molar-refractivity contribution in [1.82, 2.24) is 0 Å². The van der Waals surface area contributed by atoms with E-state index >= 15 is 0 Å². The zero-order chi connectivity index (χ0) is 18.0. The summed E-state index contributed by atoms with van der Waals surface area (Å²) in [6, 6.07) is 36.0. The highest BCUT2D eigenvalue weighted by atomic mass is 14.5. The summed E-state index contributed by atoms with van der Waals surface area (Å²) in [5, 5.41) is 0. The Balaban J connectivity index is 1.89. The maximum atomic E-state index is 2.35. The Bertz CT molecular complexity index is 1190. The number of benzene rings is 4. The average Bonchev–Trinajstić information content (AvgIpc) is 3.05. The van der Waals surface area contributed by atoms with E-state index in [-0.39, 0.29) is 5.41 Å². The minimum atomic E-state index is -0.215. The van der Waals surface area contributed by atoms with Gasteiger partial charge < -0.3 is 0 Å². The van der Waals surface area contributed by atoms with Crippen molar-refractivity contribution in [2.75, 3.05) is 0 Å². The molecule has 4 aromatic carbocycles. The lowest BCUT2D eigenvalue weighted by Gasteiger charge is -2.42. The second-order valence-corrected chi connectivity index (χ2v) is 7.74. The fourth-order valence-corrected chi connectivity index (χ4v) is 5.56. The number of fused-ring (bicyclic) bond motifs is 5. The molecule has 0 N–H and O–H groups in total. The molecule has 0 saturated heterocycles. The maximum Gasteiger partial charge on any atom is 0.0719 e. The van der Waals surface area contributed by atoms with E-state index in [9.17, 15) is 0 Å². The summed E-state index contributed by atoms with van der Waals surface area (Å²) in [4.78, 5) is 0. The van der Waals surface area contributed by atoms with E-state index < -0.39 is 0 Å². The molecule has 2 aliphatic carbocycles. The molecule has 2 unspecified atom stereocenters. The van der Waals surface area contributed by atoms with Gasteiger partial charge in [-0.25, -0.2) is 0 Å². The van der Waals surface area contributed by atoms with Crippen molar-refractivity contribution in [3.8, 4) is 11.1 Å². The van der Waals surface area contributed by atoms with Crippen LogP contribution in [-0.2, 0) is 5.41 Å². The predicted molar refractivity (Wildman–Crippen MR) is 111 cm³/mol. The highest BCUT2D eigenvalue weighted by molar-refractivity contribution is 5.89. The normalized spacial score (nSPS) is 21.3. The van der Waals surface area contributed by atoms with Crippen molar-refractivity contribution < 1.29 is 0 Å². The second-order valence-electron chi connectivity index (χ2n) is 7.74. The molecule has 4 aromatic rings. The molecule has 0 aliphatic heterocycles. The van der Waals surface area contributed by atoms with Crippen LogP contribution in [0.25, 0.3) is 11.1 Å². The molecular weight excluding hydrogens is 324 g/mol. The van der Waals surface area contributed by atoms with Gasteiger partial charge in [0.25, 0.3) is 0 Å². The first-order valence-electron chi connectivity index (χ1n) is 9.71. The lowest BCUT2D eigenvalue weighted by Crippen LogP contribution is -2.34. The minimum absolute atomic E-state index is 0.215. The Hall–Kier alpha value is -3.12. The number of hydrogen-bond donors (Lipinski definition) is 0. The number of hydrogen-bond acceptors (Lipinski definition) is 0. The van der Waals surface area contributed by atoms with E-state index in [1.807, 2.05) is 0 Å². The highest BCUT2D eigenvalue weighted by Gasteiger charge is 2.51. The summed E-state index contributed by atoms with van der Waals surface area (Å²) >= 11 is 0. The van der Waals surface area contributed by atoms with Crippen LogP contribution in [0.15, 0.2) is 97.1 Å². The third-order valence-electron chi connectivity index (χ3n) is 6.60. The molecule has 0 heterocycles.